The molecule has 1 aromatic rings. The smallest absolute Gasteiger partial charge is 0.270 e. The van der Waals surface area contributed by atoms with E-state index in [0.29, 0.717) is 12.2 Å². The van der Waals surface area contributed by atoms with Gasteiger partial charge in [-0.3, -0.25) is 4.79 Å². The fourth-order valence-corrected chi connectivity index (χ4v) is 2.33. The highest BCUT2D eigenvalue weighted by Gasteiger charge is 2.22. The SMILES string of the molecule is COC(C)(C)CC(C)NC(=O)c1csc(CN)n1.Cl. The molecular weight excluding hydrogens is 286 g/mol. The Balaban J connectivity index is 0.00000324. The second-order valence-corrected chi connectivity index (χ2v) is 5.82. The molecule has 1 unspecified atom stereocenters. The van der Waals surface area contributed by atoms with E-state index >= 15 is 0 Å². The number of hydrogen-bond donors (Lipinski definition) is 2. The third-order valence-electron chi connectivity index (χ3n) is 2.69. The lowest BCUT2D eigenvalue weighted by atomic mass is 10.00. The number of carbonyl (C=O) groups is 1. The van der Waals surface area contributed by atoms with Crippen LogP contribution in [0.15, 0.2) is 5.38 Å². The highest BCUT2D eigenvalue weighted by atomic mass is 35.5. The Morgan fingerprint density at radius 1 is 1.63 bits per heavy atom. The normalized spacial score (nSPS) is 12.7. The standard InChI is InChI=1S/C12H21N3O2S.ClH/c1-8(5-12(2,3)17-4)14-11(16)9-7-18-10(6-13)15-9;/h7-8H,5-6,13H2,1-4H3,(H,14,16);1H. The van der Waals surface area contributed by atoms with Gasteiger partial charge in [0.25, 0.3) is 5.91 Å². The van der Waals surface area contributed by atoms with E-state index in [4.69, 9.17) is 10.5 Å². The number of rotatable bonds is 6. The van der Waals surface area contributed by atoms with E-state index in [9.17, 15) is 4.79 Å². The number of aromatic nitrogens is 1. The van der Waals surface area contributed by atoms with Crippen LogP contribution in [0.25, 0.3) is 0 Å². The number of nitrogens with zero attached hydrogens (tertiary/aromatic N) is 1. The van der Waals surface area contributed by atoms with Gasteiger partial charge in [0.1, 0.15) is 10.7 Å². The van der Waals surface area contributed by atoms with Crippen molar-refractivity contribution in [2.45, 2.75) is 45.4 Å². The van der Waals surface area contributed by atoms with Crippen LogP contribution in [0.3, 0.4) is 0 Å². The van der Waals surface area contributed by atoms with Crippen LogP contribution in [-0.2, 0) is 11.3 Å². The highest BCUT2D eigenvalue weighted by Crippen LogP contribution is 2.16. The van der Waals surface area contributed by atoms with E-state index in [1.54, 1.807) is 12.5 Å². The molecule has 110 valence electrons. The summed E-state index contributed by atoms with van der Waals surface area (Å²) >= 11 is 1.40. The molecule has 1 rings (SSSR count). The summed E-state index contributed by atoms with van der Waals surface area (Å²) < 4.78 is 5.34. The summed E-state index contributed by atoms with van der Waals surface area (Å²) in [6, 6.07) is 0.0236. The van der Waals surface area contributed by atoms with Gasteiger partial charge in [0.05, 0.1) is 5.60 Å². The predicted molar refractivity (Wildman–Crippen MR) is 79.9 cm³/mol. The minimum atomic E-state index is -0.253. The first-order chi connectivity index (χ1) is 8.38. The number of halogens is 1. The number of ether oxygens (including phenoxy) is 1. The lowest BCUT2D eigenvalue weighted by Gasteiger charge is -2.26. The Bertz CT molecular complexity index is 409. The Labute approximate surface area is 124 Å². The van der Waals surface area contributed by atoms with Crippen LogP contribution in [0.5, 0.6) is 0 Å². The van der Waals surface area contributed by atoms with Crippen molar-refractivity contribution in [3.63, 3.8) is 0 Å². The topological polar surface area (TPSA) is 77.2 Å². The third-order valence-corrected chi connectivity index (χ3v) is 3.56. The van der Waals surface area contributed by atoms with E-state index in [1.807, 2.05) is 20.8 Å². The quantitative estimate of drug-likeness (QED) is 0.842. The van der Waals surface area contributed by atoms with Crippen molar-refractivity contribution in [1.29, 1.82) is 0 Å². The van der Waals surface area contributed by atoms with Gasteiger partial charge in [-0.2, -0.15) is 0 Å². The number of nitrogens with one attached hydrogen (secondary N) is 1. The zero-order valence-electron chi connectivity index (χ0n) is 11.7. The Hall–Kier alpha value is -0.690. The van der Waals surface area contributed by atoms with Crippen molar-refractivity contribution >= 4 is 29.7 Å². The van der Waals surface area contributed by atoms with E-state index < -0.39 is 0 Å². The monoisotopic (exact) mass is 307 g/mol. The van der Waals surface area contributed by atoms with Gasteiger partial charge in [0.15, 0.2) is 0 Å². The summed E-state index contributed by atoms with van der Waals surface area (Å²) in [5.74, 6) is -0.162. The summed E-state index contributed by atoms with van der Waals surface area (Å²) in [5.41, 5.74) is 5.65. The van der Waals surface area contributed by atoms with Gasteiger partial charge >= 0.3 is 0 Å². The zero-order valence-corrected chi connectivity index (χ0v) is 13.4. The molecule has 0 aromatic carbocycles. The van der Waals surface area contributed by atoms with Crippen LogP contribution in [0.2, 0.25) is 0 Å². The molecule has 0 aliphatic carbocycles. The molecule has 1 aromatic heterocycles. The first kappa shape index (κ1) is 18.3. The minimum Gasteiger partial charge on any atom is -0.379 e. The Morgan fingerprint density at radius 2 is 2.26 bits per heavy atom. The number of nitrogens with two attached hydrogens (primary N) is 1. The Kier molecular flexibility index (Phi) is 7.51. The molecule has 0 aliphatic rings. The molecule has 0 bridgehead atoms. The van der Waals surface area contributed by atoms with E-state index in [1.165, 1.54) is 11.3 Å². The second kappa shape index (κ2) is 7.79. The molecular formula is C12H22ClN3O2S. The first-order valence-electron chi connectivity index (χ1n) is 5.88. The number of hydrogen-bond acceptors (Lipinski definition) is 5. The van der Waals surface area contributed by atoms with Crippen LogP contribution in [0.1, 0.15) is 42.7 Å². The second-order valence-electron chi connectivity index (χ2n) is 4.87. The average Bonchev–Trinajstić information content (AvgIpc) is 2.76. The summed E-state index contributed by atoms with van der Waals surface area (Å²) in [7, 11) is 1.67. The van der Waals surface area contributed by atoms with Crippen molar-refractivity contribution in [3.8, 4) is 0 Å². The summed E-state index contributed by atoms with van der Waals surface area (Å²) in [5, 5.41) is 5.40. The van der Waals surface area contributed by atoms with Crippen molar-refractivity contribution in [1.82, 2.24) is 10.3 Å². The summed E-state index contributed by atoms with van der Waals surface area (Å²) in [6.45, 7) is 6.30. The van der Waals surface area contributed by atoms with Gasteiger partial charge in [0, 0.05) is 25.1 Å². The molecule has 0 fully saturated rings. The molecule has 5 nitrogen and oxygen atoms in total. The fraction of sp³-hybridized carbons (Fsp3) is 0.667. The number of thiazole rings is 1. The molecule has 0 saturated heterocycles. The van der Waals surface area contributed by atoms with E-state index in [0.717, 1.165) is 11.4 Å². The van der Waals surface area contributed by atoms with E-state index in [2.05, 4.69) is 10.3 Å². The number of methoxy groups -OCH3 is 1. The van der Waals surface area contributed by atoms with Gasteiger partial charge in [-0.05, 0) is 27.2 Å². The summed E-state index contributed by atoms with van der Waals surface area (Å²) in [6.07, 6.45) is 0.739. The van der Waals surface area contributed by atoms with Crippen LogP contribution < -0.4 is 11.1 Å². The molecule has 1 atom stereocenters. The number of amides is 1. The average molecular weight is 308 g/mol. The van der Waals surface area contributed by atoms with Crippen LogP contribution >= 0.6 is 23.7 Å². The first-order valence-corrected chi connectivity index (χ1v) is 6.76. The number of carbonyl (C=O) groups excluding carboxylic acids is 1. The van der Waals surface area contributed by atoms with E-state index in [-0.39, 0.29) is 30.0 Å². The van der Waals surface area contributed by atoms with Crippen molar-refractivity contribution in [2.24, 2.45) is 5.73 Å². The van der Waals surface area contributed by atoms with Crippen LogP contribution in [-0.4, -0.2) is 29.6 Å². The molecule has 1 heterocycles. The maximum absolute atomic E-state index is 11.9. The zero-order chi connectivity index (χ0) is 13.8. The van der Waals surface area contributed by atoms with Crippen LogP contribution in [0.4, 0.5) is 0 Å². The van der Waals surface area contributed by atoms with Crippen molar-refractivity contribution < 1.29 is 9.53 Å². The predicted octanol–water partition coefficient (Wildman–Crippen LogP) is 1.96. The molecule has 0 spiro atoms. The molecule has 19 heavy (non-hydrogen) atoms. The lowest BCUT2D eigenvalue weighted by molar-refractivity contribution is 0.00883. The molecule has 7 heteroatoms. The molecule has 0 radical (unpaired) electrons. The third kappa shape index (κ3) is 5.86. The summed E-state index contributed by atoms with van der Waals surface area (Å²) in [4.78, 5) is 16.1. The van der Waals surface area contributed by atoms with Gasteiger partial charge in [-0.25, -0.2) is 4.98 Å². The Morgan fingerprint density at radius 3 is 2.74 bits per heavy atom. The molecule has 1 amide bonds. The lowest BCUT2D eigenvalue weighted by Crippen LogP contribution is -2.39. The van der Waals surface area contributed by atoms with Gasteiger partial charge in [0.2, 0.25) is 0 Å². The minimum absolute atomic E-state index is 0. The molecule has 0 saturated carbocycles. The van der Waals surface area contributed by atoms with Gasteiger partial charge in [-0.15, -0.1) is 23.7 Å². The van der Waals surface area contributed by atoms with Crippen molar-refractivity contribution in [2.75, 3.05) is 7.11 Å². The fourth-order valence-electron chi connectivity index (χ4n) is 1.68. The van der Waals surface area contributed by atoms with Gasteiger partial charge in [-0.1, -0.05) is 0 Å². The van der Waals surface area contributed by atoms with Crippen molar-refractivity contribution in [3.05, 3.63) is 16.1 Å². The maximum atomic E-state index is 11.9. The largest absolute Gasteiger partial charge is 0.379 e. The molecule has 3 N–H and O–H groups in total. The van der Waals surface area contributed by atoms with Gasteiger partial charge < -0.3 is 15.8 Å². The highest BCUT2D eigenvalue weighted by molar-refractivity contribution is 7.09. The maximum Gasteiger partial charge on any atom is 0.270 e. The molecule has 0 aliphatic heterocycles. The van der Waals surface area contributed by atoms with Crippen LogP contribution in [0, 0.1) is 0 Å².